The molecule has 0 spiro atoms. The van der Waals surface area contributed by atoms with E-state index >= 15 is 0 Å². The maximum absolute atomic E-state index is 12.5. The van der Waals surface area contributed by atoms with E-state index in [9.17, 15) is 14.4 Å². The lowest BCUT2D eigenvalue weighted by molar-refractivity contribution is 0.0958. The Kier molecular flexibility index (Phi) is 6.33. The molecule has 9 heteroatoms. The second-order valence-corrected chi connectivity index (χ2v) is 8.36. The van der Waals surface area contributed by atoms with Crippen molar-refractivity contribution < 1.29 is 4.79 Å². The second-order valence-electron chi connectivity index (χ2n) is 8.36. The zero-order chi connectivity index (χ0) is 23.7. The Morgan fingerprint density at radius 1 is 1.15 bits per heavy atom. The van der Waals surface area contributed by atoms with Gasteiger partial charge in [0.1, 0.15) is 5.69 Å². The van der Waals surface area contributed by atoms with Crippen molar-refractivity contribution in [3.05, 3.63) is 68.1 Å². The standard InChI is InChI=1S/C24H30N6O3/c1-5-30-23(32)18-7-6-17(14-20(18)27-24(30)33)16(3)28-10-12-29(13-11-28)21-9-8-19(22(31)25-4)26-15(21)2/h6-9,14,16H,5,10-13H2,1-4H3,(H,25,31)(H,27,33). The minimum absolute atomic E-state index is 0.142. The van der Waals surface area contributed by atoms with Gasteiger partial charge in [0.2, 0.25) is 0 Å². The summed E-state index contributed by atoms with van der Waals surface area (Å²) in [6, 6.07) is 9.58. The molecule has 1 atom stereocenters. The normalized spacial score (nSPS) is 15.6. The smallest absolute Gasteiger partial charge is 0.328 e. The van der Waals surface area contributed by atoms with Crippen molar-refractivity contribution in [3.8, 4) is 0 Å². The van der Waals surface area contributed by atoms with Crippen LogP contribution in [-0.4, -0.2) is 58.6 Å². The van der Waals surface area contributed by atoms with E-state index in [0.717, 1.165) is 43.1 Å². The highest BCUT2D eigenvalue weighted by Crippen LogP contribution is 2.26. The average Bonchev–Trinajstić information content (AvgIpc) is 2.83. The number of aromatic amines is 1. The predicted octanol–water partition coefficient (Wildman–Crippen LogP) is 1.66. The van der Waals surface area contributed by atoms with Gasteiger partial charge in [0.05, 0.1) is 22.3 Å². The van der Waals surface area contributed by atoms with E-state index in [2.05, 4.69) is 32.0 Å². The van der Waals surface area contributed by atoms with Crippen molar-refractivity contribution in [3.63, 3.8) is 0 Å². The van der Waals surface area contributed by atoms with Gasteiger partial charge >= 0.3 is 5.69 Å². The SMILES string of the molecule is CCn1c(=O)[nH]c2cc(C(C)N3CCN(c4ccc(C(=O)NC)nc4C)CC3)ccc2c1=O. The van der Waals surface area contributed by atoms with Crippen LogP contribution in [0.5, 0.6) is 0 Å². The molecule has 4 rings (SSSR count). The molecule has 0 bridgehead atoms. The topological polar surface area (TPSA) is 103 Å². The first-order valence-electron chi connectivity index (χ1n) is 11.3. The van der Waals surface area contributed by atoms with Crippen molar-refractivity contribution in [1.82, 2.24) is 24.8 Å². The summed E-state index contributed by atoms with van der Waals surface area (Å²) in [5.74, 6) is -0.186. The maximum atomic E-state index is 12.5. The molecule has 2 N–H and O–H groups in total. The lowest BCUT2D eigenvalue weighted by atomic mass is 10.0. The molecular formula is C24H30N6O3. The molecule has 0 radical (unpaired) electrons. The molecule has 1 saturated heterocycles. The Hall–Kier alpha value is -3.46. The number of anilines is 1. The van der Waals surface area contributed by atoms with Crippen LogP contribution in [0.4, 0.5) is 5.69 Å². The number of nitrogens with zero attached hydrogens (tertiary/aromatic N) is 4. The van der Waals surface area contributed by atoms with Crippen LogP contribution in [-0.2, 0) is 6.54 Å². The summed E-state index contributed by atoms with van der Waals surface area (Å²) >= 11 is 0. The van der Waals surface area contributed by atoms with Gasteiger partial charge in [-0.05, 0) is 50.6 Å². The molecule has 3 heterocycles. The Labute approximate surface area is 192 Å². The quantitative estimate of drug-likeness (QED) is 0.613. The molecule has 0 aliphatic carbocycles. The molecule has 1 aromatic carbocycles. The molecule has 2 aromatic heterocycles. The first-order chi connectivity index (χ1) is 15.8. The van der Waals surface area contributed by atoms with Crippen molar-refractivity contribution in [1.29, 1.82) is 0 Å². The zero-order valence-corrected chi connectivity index (χ0v) is 19.5. The number of rotatable bonds is 5. The van der Waals surface area contributed by atoms with Gasteiger partial charge < -0.3 is 15.2 Å². The van der Waals surface area contributed by atoms with Crippen molar-refractivity contribution in [2.75, 3.05) is 38.1 Å². The third-order valence-corrected chi connectivity index (χ3v) is 6.52. The number of H-pyrrole nitrogens is 1. The molecule has 9 nitrogen and oxygen atoms in total. The maximum Gasteiger partial charge on any atom is 0.328 e. The zero-order valence-electron chi connectivity index (χ0n) is 19.5. The summed E-state index contributed by atoms with van der Waals surface area (Å²) < 4.78 is 1.21. The highest BCUT2D eigenvalue weighted by atomic mass is 16.2. The van der Waals surface area contributed by atoms with E-state index < -0.39 is 0 Å². The van der Waals surface area contributed by atoms with Gasteiger partial charge in [-0.3, -0.25) is 19.1 Å². The number of carbonyl (C=O) groups is 1. The Morgan fingerprint density at radius 3 is 2.52 bits per heavy atom. The molecule has 1 aliphatic heterocycles. The number of fused-ring (bicyclic) bond motifs is 1. The van der Waals surface area contributed by atoms with Crippen LogP contribution in [0.3, 0.4) is 0 Å². The predicted molar refractivity (Wildman–Crippen MR) is 129 cm³/mol. The van der Waals surface area contributed by atoms with Gasteiger partial charge in [0.15, 0.2) is 0 Å². The van der Waals surface area contributed by atoms with Crippen LogP contribution < -0.4 is 21.5 Å². The number of hydrogen-bond donors (Lipinski definition) is 2. The minimum atomic E-state index is -0.375. The summed E-state index contributed by atoms with van der Waals surface area (Å²) in [5, 5.41) is 3.13. The monoisotopic (exact) mass is 450 g/mol. The second kappa shape index (κ2) is 9.19. The number of amides is 1. The summed E-state index contributed by atoms with van der Waals surface area (Å²) in [7, 11) is 1.60. The number of hydrogen-bond acceptors (Lipinski definition) is 6. The molecule has 1 aliphatic rings. The summed E-state index contributed by atoms with van der Waals surface area (Å²) in [6.07, 6.45) is 0. The number of pyridine rings is 1. The lowest BCUT2D eigenvalue weighted by Crippen LogP contribution is -2.47. The Morgan fingerprint density at radius 2 is 1.88 bits per heavy atom. The molecule has 0 saturated carbocycles. The van der Waals surface area contributed by atoms with Gasteiger partial charge in [-0.25, -0.2) is 9.78 Å². The summed E-state index contributed by atoms with van der Waals surface area (Å²) in [5.41, 5.74) is 3.32. The minimum Gasteiger partial charge on any atom is -0.368 e. The fourth-order valence-electron chi connectivity index (χ4n) is 4.52. The molecule has 1 amide bonds. The van der Waals surface area contributed by atoms with E-state index in [1.54, 1.807) is 20.0 Å². The fourth-order valence-corrected chi connectivity index (χ4v) is 4.52. The van der Waals surface area contributed by atoms with Crippen LogP contribution in [0.1, 0.15) is 41.6 Å². The first kappa shape index (κ1) is 22.7. The number of piperazine rings is 1. The van der Waals surface area contributed by atoms with E-state index in [-0.39, 0.29) is 23.2 Å². The lowest BCUT2D eigenvalue weighted by Gasteiger charge is -2.39. The van der Waals surface area contributed by atoms with E-state index in [0.29, 0.717) is 23.1 Å². The summed E-state index contributed by atoms with van der Waals surface area (Å²) in [6.45, 7) is 9.62. The first-order valence-corrected chi connectivity index (χ1v) is 11.3. The van der Waals surface area contributed by atoms with Gasteiger partial charge in [-0.2, -0.15) is 0 Å². The van der Waals surface area contributed by atoms with Crippen LogP contribution in [0, 0.1) is 6.92 Å². The third-order valence-electron chi connectivity index (χ3n) is 6.52. The van der Waals surface area contributed by atoms with Crippen molar-refractivity contribution in [2.24, 2.45) is 0 Å². The number of aryl methyl sites for hydroxylation is 1. The van der Waals surface area contributed by atoms with Crippen molar-refractivity contribution >= 4 is 22.5 Å². The molecular weight excluding hydrogens is 420 g/mol. The van der Waals surface area contributed by atoms with Crippen LogP contribution in [0.2, 0.25) is 0 Å². The highest BCUT2D eigenvalue weighted by Gasteiger charge is 2.24. The number of carbonyl (C=O) groups excluding carboxylic acids is 1. The third kappa shape index (κ3) is 4.28. The van der Waals surface area contributed by atoms with Crippen LogP contribution >= 0.6 is 0 Å². The van der Waals surface area contributed by atoms with E-state index in [1.165, 1.54) is 4.57 Å². The van der Waals surface area contributed by atoms with Crippen molar-refractivity contribution in [2.45, 2.75) is 33.4 Å². The Balaban J connectivity index is 1.49. The summed E-state index contributed by atoms with van der Waals surface area (Å²) in [4.78, 5) is 48.6. The molecule has 3 aromatic rings. The average molecular weight is 451 g/mol. The van der Waals surface area contributed by atoms with Gasteiger partial charge in [-0.15, -0.1) is 0 Å². The van der Waals surface area contributed by atoms with Crippen LogP contribution in [0.15, 0.2) is 39.9 Å². The highest BCUT2D eigenvalue weighted by molar-refractivity contribution is 5.92. The largest absolute Gasteiger partial charge is 0.368 e. The van der Waals surface area contributed by atoms with Gasteiger partial charge in [0.25, 0.3) is 11.5 Å². The van der Waals surface area contributed by atoms with E-state index in [1.807, 2.05) is 31.2 Å². The Bertz CT molecular complexity index is 1300. The van der Waals surface area contributed by atoms with Gasteiger partial charge in [0, 0.05) is 45.8 Å². The molecule has 1 unspecified atom stereocenters. The van der Waals surface area contributed by atoms with Gasteiger partial charge in [-0.1, -0.05) is 6.07 Å². The molecule has 174 valence electrons. The van der Waals surface area contributed by atoms with E-state index in [4.69, 9.17) is 0 Å². The fraction of sp³-hybridized carbons (Fsp3) is 0.417. The van der Waals surface area contributed by atoms with Crippen LogP contribution in [0.25, 0.3) is 10.9 Å². The molecule has 33 heavy (non-hydrogen) atoms. The molecule has 1 fully saturated rings. The number of aromatic nitrogens is 3. The number of nitrogens with one attached hydrogen (secondary N) is 2. The number of benzene rings is 1.